The van der Waals surface area contributed by atoms with Gasteiger partial charge in [-0.05, 0) is 24.6 Å². The van der Waals surface area contributed by atoms with E-state index in [2.05, 4.69) is 10.3 Å². The molecular weight excluding hydrogens is 238 g/mol. The number of nitrogens with zero attached hydrogens (tertiary/aromatic N) is 1. The molecule has 0 bridgehead atoms. The van der Waals surface area contributed by atoms with Crippen LogP contribution in [0.5, 0.6) is 0 Å². The molecular formula is C12H20ClN3O. The molecule has 3 N–H and O–H groups in total. The molecule has 1 aromatic heterocycles. The lowest BCUT2D eigenvalue weighted by molar-refractivity contribution is -0.123. The topological polar surface area (TPSA) is 68.0 Å². The van der Waals surface area contributed by atoms with Crippen LogP contribution in [-0.2, 0) is 4.79 Å². The Hall–Kier alpha value is -1.13. The maximum Gasteiger partial charge on any atom is 0.230 e. The second-order valence-electron chi connectivity index (χ2n) is 4.97. The Morgan fingerprint density at radius 3 is 2.53 bits per heavy atom. The summed E-state index contributed by atoms with van der Waals surface area (Å²) in [7, 11) is 0. The van der Waals surface area contributed by atoms with Crippen LogP contribution in [0, 0.1) is 5.41 Å². The van der Waals surface area contributed by atoms with Crippen molar-refractivity contribution in [1.82, 2.24) is 4.98 Å². The summed E-state index contributed by atoms with van der Waals surface area (Å²) in [5.74, 6) is 0.497. The number of amides is 1. The Morgan fingerprint density at radius 1 is 1.47 bits per heavy atom. The summed E-state index contributed by atoms with van der Waals surface area (Å²) < 4.78 is 0. The van der Waals surface area contributed by atoms with Gasteiger partial charge in [0.05, 0.1) is 0 Å². The monoisotopic (exact) mass is 257 g/mol. The Morgan fingerprint density at radius 2 is 2.06 bits per heavy atom. The van der Waals surface area contributed by atoms with Gasteiger partial charge in [-0.1, -0.05) is 20.8 Å². The second kappa shape index (κ2) is 5.98. The Kier molecular flexibility index (Phi) is 5.58. The van der Waals surface area contributed by atoms with Crippen molar-refractivity contribution in [3.05, 3.63) is 23.9 Å². The van der Waals surface area contributed by atoms with E-state index in [0.717, 1.165) is 5.56 Å². The highest BCUT2D eigenvalue weighted by Crippen LogP contribution is 2.18. The molecule has 96 valence electrons. The molecule has 1 unspecified atom stereocenters. The van der Waals surface area contributed by atoms with Crippen molar-refractivity contribution >= 4 is 24.1 Å². The van der Waals surface area contributed by atoms with E-state index in [1.165, 1.54) is 0 Å². The first-order valence-electron chi connectivity index (χ1n) is 5.33. The number of pyridine rings is 1. The van der Waals surface area contributed by atoms with Gasteiger partial charge < -0.3 is 11.1 Å². The van der Waals surface area contributed by atoms with Crippen molar-refractivity contribution in [2.24, 2.45) is 11.1 Å². The van der Waals surface area contributed by atoms with E-state index in [1.807, 2.05) is 33.8 Å². The molecule has 0 saturated heterocycles. The molecule has 1 atom stereocenters. The van der Waals surface area contributed by atoms with Crippen molar-refractivity contribution in [2.45, 2.75) is 33.7 Å². The molecule has 0 fully saturated rings. The van der Waals surface area contributed by atoms with Crippen LogP contribution in [0.3, 0.4) is 0 Å². The molecule has 17 heavy (non-hydrogen) atoms. The van der Waals surface area contributed by atoms with Crippen LogP contribution in [0.4, 0.5) is 5.82 Å². The maximum atomic E-state index is 11.7. The van der Waals surface area contributed by atoms with Crippen LogP contribution in [-0.4, -0.2) is 10.9 Å². The highest BCUT2D eigenvalue weighted by atomic mass is 35.5. The van der Waals surface area contributed by atoms with E-state index in [4.69, 9.17) is 5.73 Å². The number of rotatable bonds is 2. The van der Waals surface area contributed by atoms with Crippen LogP contribution in [0.1, 0.15) is 39.3 Å². The van der Waals surface area contributed by atoms with Gasteiger partial charge in [0.25, 0.3) is 0 Å². The number of anilines is 1. The first kappa shape index (κ1) is 15.9. The summed E-state index contributed by atoms with van der Waals surface area (Å²) >= 11 is 0. The molecule has 0 aliphatic heterocycles. The smallest absolute Gasteiger partial charge is 0.230 e. The molecule has 4 nitrogen and oxygen atoms in total. The summed E-state index contributed by atoms with van der Waals surface area (Å²) in [6.07, 6.45) is 1.65. The maximum absolute atomic E-state index is 11.7. The number of carbonyl (C=O) groups is 1. The highest BCUT2D eigenvalue weighted by Gasteiger charge is 2.21. The zero-order valence-electron chi connectivity index (χ0n) is 10.7. The summed E-state index contributed by atoms with van der Waals surface area (Å²) in [6.45, 7) is 7.47. The third kappa shape index (κ3) is 4.71. The zero-order valence-corrected chi connectivity index (χ0v) is 11.5. The van der Waals surface area contributed by atoms with Gasteiger partial charge in [-0.25, -0.2) is 4.98 Å². The van der Waals surface area contributed by atoms with E-state index in [9.17, 15) is 4.79 Å². The number of halogens is 1. The number of aromatic nitrogens is 1. The normalized spacial score (nSPS) is 12.5. The predicted octanol–water partition coefficient (Wildman–Crippen LogP) is 2.51. The van der Waals surface area contributed by atoms with Gasteiger partial charge in [-0.3, -0.25) is 4.79 Å². The van der Waals surface area contributed by atoms with E-state index in [1.54, 1.807) is 12.3 Å². The number of nitrogens with one attached hydrogen (secondary N) is 1. The fraction of sp³-hybridized carbons (Fsp3) is 0.500. The van der Waals surface area contributed by atoms with E-state index < -0.39 is 5.41 Å². The first-order valence-corrected chi connectivity index (χ1v) is 5.33. The van der Waals surface area contributed by atoms with Gasteiger partial charge in [-0.2, -0.15) is 0 Å². The van der Waals surface area contributed by atoms with Crippen LogP contribution in [0.15, 0.2) is 18.3 Å². The van der Waals surface area contributed by atoms with Crippen LogP contribution < -0.4 is 11.1 Å². The van der Waals surface area contributed by atoms with Crippen molar-refractivity contribution in [3.8, 4) is 0 Å². The molecule has 0 spiro atoms. The standard InChI is InChI=1S/C12H19N3O.ClH/c1-8(13)9-5-6-14-10(7-9)15-11(16)12(2,3)4;/h5-8H,13H2,1-4H3,(H,14,15,16);1H. The highest BCUT2D eigenvalue weighted by molar-refractivity contribution is 5.93. The van der Waals surface area contributed by atoms with Gasteiger partial charge in [0.1, 0.15) is 5.82 Å². The summed E-state index contributed by atoms with van der Waals surface area (Å²) in [6, 6.07) is 3.58. The van der Waals surface area contributed by atoms with Crippen molar-refractivity contribution in [2.75, 3.05) is 5.32 Å². The van der Waals surface area contributed by atoms with E-state index >= 15 is 0 Å². The number of hydrogen-bond acceptors (Lipinski definition) is 3. The molecule has 0 aliphatic rings. The Balaban J connectivity index is 0.00000256. The molecule has 0 aliphatic carbocycles. The molecule has 1 heterocycles. The average molecular weight is 258 g/mol. The van der Waals surface area contributed by atoms with Gasteiger partial charge in [-0.15, -0.1) is 12.4 Å². The third-order valence-corrected chi connectivity index (χ3v) is 2.23. The fourth-order valence-corrected chi connectivity index (χ4v) is 1.10. The molecule has 0 saturated carbocycles. The predicted molar refractivity (Wildman–Crippen MR) is 72.2 cm³/mol. The van der Waals surface area contributed by atoms with Crippen LogP contribution in [0.25, 0.3) is 0 Å². The quantitative estimate of drug-likeness (QED) is 0.855. The van der Waals surface area contributed by atoms with E-state index in [-0.39, 0.29) is 24.4 Å². The second-order valence-corrected chi connectivity index (χ2v) is 4.97. The average Bonchev–Trinajstić information content (AvgIpc) is 2.16. The minimum atomic E-state index is -0.425. The largest absolute Gasteiger partial charge is 0.324 e. The van der Waals surface area contributed by atoms with Crippen molar-refractivity contribution < 1.29 is 4.79 Å². The van der Waals surface area contributed by atoms with Gasteiger partial charge in [0.2, 0.25) is 5.91 Å². The minimum Gasteiger partial charge on any atom is -0.324 e. The lowest BCUT2D eigenvalue weighted by Crippen LogP contribution is -2.28. The molecule has 0 radical (unpaired) electrons. The van der Waals surface area contributed by atoms with Gasteiger partial charge in [0, 0.05) is 17.7 Å². The molecule has 0 aromatic carbocycles. The third-order valence-electron chi connectivity index (χ3n) is 2.23. The SMILES string of the molecule is CC(N)c1ccnc(NC(=O)C(C)(C)C)c1.Cl. The molecule has 5 heteroatoms. The molecule has 1 aromatic rings. The minimum absolute atomic E-state index is 0. The molecule has 1 rings (SSSR count). The fourth-order valence-electron chi connectivity index (χ4n) is 1.10. The first-order chi connectivity index (χ1) is 7.30. The number of nitrogens with two attached hydrogens (primary N) is 1. The van der Waals surface area contributed by atoms with Crippen molar-refractivity contribution in [1.29, 1.82) is 0 Å². The van der Waals surface area contributed by atoms with Crippen LogP contribution in [0.2, 0.25) is 0 Å². The number of hydrogen-bond donors (Lipinski definition) is 2. The summed E-state index contributed by atoms with van der Waals surface area (Å²) in [5.41, 5.74) is 6.29. The van der Waals surface area contributed by atoms with Gasteiger partial charge >= 0.3 is 0 Å². The van der Waals surface area contributed by atoms with Gasteiger partial charge in [0.15, 0.2) is 0 Å². The zero-order chi connectivity index (χ0) is 12.3. The Labute approximate surface area is 108 Å². The lowest BCUT2D eigenvalue weighted by Gasteiger charge is -2.17. The van der Waals surface area contributed by atoms with Crippen molar-refractivity contribution in [3.63, 3.8) is 0 Å². The summed E-state index contributed by atoms with van der Waals surface area (Å²) in [4.78, 5) is 15.8. The lowest BCUT2D eigenvalue weighted by atomic mass is 9.96. The molecule has 1 amide bonds. The number of carbonyl (C=O) groups excluding carboxylic acids is 1. The Bertz CT molecular complexity index is 386. The van der Waals surface area contributed by atoms with E-state index in [0.29, 0.717) is 5.82 Å². The summed E-state index contributed by atoms with van der Waals surface area (Å²) in [5, 5.41) is 2.77. The van der Waals surface area contributed by atoms with Crippen LogP contribution >= 0.6 is 12.4 Å².